The Morgan fingerprint density at radius 1 is 0.903 bits per heavy atom. The number of aromatic amines is 1. The summed E-state index contributed by atoms with van der Waals surface area (Å²) >= 11 is 0. The lowest BCUT2D eigenvalue weighted by atomic mass is 10.1. The molecule has 0 spiro atoms. The van der Waals surface area contributed by atoms with Crippen molar-refractivity contribution in [2.24, 2.45) is 0 Å². The van der Waals surface area contributed by atoms with E-state index < -0.39 is 0 Å². The third kappa shape index (κ3) is 4.67. The van der Waals surface area contributed by atoms with E-state index >= 15 is 0 Å². The summed E-state index contributed by atoms with van der Waals surface area (Å²) in [4.78, 5) is 13.3. The van der Waals surface area contributed by atoms with Gasteiger partial charge in [0.25, 0.3) is 0 Å². The normalized spacial score (nSPS) is 11.5. The van der Waals surface area contributed by atoms with Crippen molar-refractivity contribution in [3.05, 3.63) is 66.4 Å². The van der Waals surface area contributed by atoms with Crippen LogP contribution in [-0.2, 0) is 6.54 Å². The lowest BCUT2D eigenvalue weighted by Gasteiger charge is -2.26. The summed E-state index contributed by atoms with van der Waals surface area (Å²) in [7, 11) is 1.70. The fourth-order valence-corrected chi connectivity index (χ4v) is 4.24. The molecule has 162 valence electrons. The standard InChI is InChI=1S/C26H32N4O/c1-4-29(5-2)17-8-18-30(19-20-11-13-21(31-3)14-12-20)26-25-23(15-16-27-26)22-9-6-7-10-24(22)28-25/h6-7,9-16,28H,4-5,8,17-19H2,1-3H3. The minimum absolute atomic E-state index is 0.809. The fourth-order valence-electron chi connectivity index (χ4n) is 4.24. The van der Waals surface area contributed by atoms with Gasteiger partial charge in [0.05, 0.1) is 12.6 Å². The second kappa shape index (κ2) is 9.84. The van der Waals surface area contributed by atoms with Crippen LogP contribution in [0.3, 0.4) is 0 Å². The van der Waals surface area contributed by atoms with Crippen LogP contribution in [0.4, 0.5) is 5.82 Å². The molecule has 0 fully saturated rings. The van der Waals surface area contributed by atoms with Crippen LogP contribution in [0.5, 0.6) is 5.75 Å². The van der Waals surface area contributed by atoms with Crippen molar-refractivity contribution >= 4 is 27.6 Å². The molecule has 0 radical (unpaired) electrons. The van der Waals surface area contributed by atoms with E-state index in [0.29, 0.717) is 0 Å². The number of nitrogens with one attached hydrogen (secondary N) is 1. The average molecular weight is 417 g/mol. The molecular weight excluding hydrogens is 384 g/mol. The molecule has 2 aromatic heterocycles. The summed E-state index contributed by atoms with van der Waals surface area (Å²) in [5, 5.41) is 2.47. The number of hydrogen-bond acceptors (Lipinski definition) is 4. The van der Waals surface area contributed by atoms with E-state index in [4.69, 9.17) is 9.72 Å². The number of methoxy groups -OCH3 is 1. The number of fused-ring (bicyclic) bond motifs is 3. The van der Waals surface area contributed by atoms with Gasteiger partial charge in [0.15, 0.2) is 5.82 Å². The third-order valence-electron chi connectivity index (χ3n) is 6.04. The fraction of sp³-hybridized carbons (Fsp3) is 0.346. The minimum atomic E-state index is 0.809. The number of ether oxygens (including phenoxy) is 1. The summed E-state index contributed by atoms with van der Waals surface area (Å²) in [5.41, 5.74) is 3.51. The Morgan fingerprint density at radius 3 is 2.42 bits per heavy atom. The number of nitrogens with zero attached hydrogens (tertiary/aromatic N) is 3. The molecule has 0 amide bonds. The molecule has 5 nitrogen and oxygen atoms in total. The molecule has 0 saturated carbocycles. The van der Waals surface area contributed by atoms with Crippen molar-refractivity contribution in [1.29, 1.82) is 0 Å². The number of para-hydroxylation sites is 1. The van der Waals surface area contributed by atoms with Gasteiger partial charge in [-0.1, -0.05) is 44.2 Å². The number of anilines is 1. The van der Waals surface area contributed by atoms with Gasteiger partial charge in [-0.15, -0.1) is 0 Å². The van der Waals surface area contributed by atoms with E-state index in [9.17, 15) is 0 Å². The lowest BCUT2D eigenvalue weighted by Crippen LogP contribution is -2.30. The van der Waals surface area contributed by atoms with Gasteiger partial charge in [0.2, 0.25) is 0 Å². The van der Waals surface area contributed by atoms with Crippen LogP contribution in [0.15, 0.2) is 60.8 Å². The molecule has 5 heteroatoms. The topological polar surface area (TPSA) is 44.4 Å². The summed E-state index contributed by atoms with van der Waals surface area (Å²) in [6, 6.07) is 18.9. The minimum Gasteiger partial charge on any atom is -0.497 e. The van der Waals surface area contributed by atoms with Gasteiger partial charge < -0.3 is 19.5 Å². The maximum Gasteiger partial charge on any atom is 0.153 e. The van der Waals surface area contributed by atoms with E-state index in [1.54, 1.807) is 7.11 Å². The highest BCUT2D eigenvalue weighted by Crippen LogP contribution is 2.31. The van der Waals surface area contributed by atoms with Gasteiger partial charge in [-0.2, -0.15) is 0 Å². The molecule has 31 heavy (non-hydrogen) atoms. The second-order valence-electron chi connectivity index (χ2n) is 7.88. The predicted molar refractivity (Wildman–Crippen MR) is 130 cm³/mol. The highest BCUT2D eigenvalue weighted by molar-refractivity contribution is 6.10. The molecule has 0 saturated heterocycles. The molecule has 0 unspecified atom stereocenters. The Bertz CT molecular complexity index is 1120. The molecular formula is C26H32N4O. The Labute approximate surface area is 184 Å². The zero-order valence-corrected chi connectivity index (χ0v) is 18.8. The highest BCUT2D eigenvalue weighted by Gasteiger charge is 2.16. The average Bonchev–Trinajstić information content (AvgIpc) is 3.20. The van der Waals surface area contributed by atoms with Crippen LogP contribution in [0.1, 0.15) is 25.8 Å². The molecule has 0 bridgehead atoms. The number of aromatic nitrogens is 2. The number of rotatable bonds is 10. The molecule has 0 aliphatic carbocycles. The summed E-state index contributed by atoms with van der Waals surface area (Å²) in [6.45, 7) is 9.48. The van der Waals surface area contributed by atoms with Crippen molar-refractivity contribution in [2.45, 2.75) is 26.8 Å². The SMILES string of the molecule is CCN(CC)CCCN(Cc1ccc(OC)cc1)c1nccc2c1[nH]c1ccccc12. The number of pyridine rings is 1. The van der Waals surface area contributed by atoms with Gasteiger partial charge in [0.1, 0.15) is 5.75 Å². The monoisotopic (exact) mass is 416 g/mol. The van der Waals surface area contributed by atoms with E-state index in [1.165, 1.54) is 16.3 Å². The van der Waals surface area contributed by atoms with Gasteiger partial charge in [-0.25, -0.2) is 4.98 Å². The van der Waals surface area contributed by atoms with Crippen molar-refractivity contribution in [2.75, 3.05) is 38.2 Å². The maximum atomic E-state index is 5.33. The summed E-state index contributed by atoms with van der Waals surface area (Å²) in [6.07, 6.45) is 3.03. The van der Waals surface area contributed by atoms with Crippen molar-refractivity contribution in [3.63, 3.8) is 0 Å². The van der Waals surface area contributed by atoms with Gasteiger partial charge in [0, 0.05) is 35.6 Å². The number of benzene rings is 2. The van der Waals surface area contributed by atoms with E-state index in [0.717, 1.165) is 61.7 Å². The molecule has 4 rings (SSSR count). The molecule has 2 heterocycles. The summed E-state index contributed by atoms with van der Waals surface area (Å²) < 4.78 is 5.33. The van der Waals surface area contributed by atoms with Crippen LogP contribution in [0, 0.1) is 0 Å². The zero-order chi connectivity index (χ0) is 21.6. The van der Waals surface area contributed by atoms with Crippen LogP contribution >= 0.6 is 0 Å². The van der Waals surface area contributed by atoms with Crippen LogP contribution in [0.2, 0.25) is 0 Å². The summed E-state index contributed by atoms with van der Waals surface area (Å²) in [5.74, 6) is 1.90. The van der Waals surface area contributed by atoms with Gasteiger partial charge in [-0.05, 0) is 55.9 Å². The molecule has 2 aromatic carbocycles. The first-order valence-electron chi connectivity index (χ1n) is 11.2. The number of H-pyrrole nitrogens is 1. The van der Waals surface area contributed by atoms with Crippen molar-refractivity contribution in [1.82, 2.24) is 14.9 Å². The Morgan fingerprint density at radius 2 is 1.68 bits per heavy atom. The first-order chi connectivity index (χ1) is 15.2. The molecule has 0 atom stereocenters. The smallest absolute Gasteiger partial charge is 0.153 e. The van der Waals surface area contributed by atoms with E-state index in [-0.39, 0.29) is 0 Å². The highest BCUT2D eigenvalue weighted by atomic mass is 16.5. The lowest BCUT2D eigenvalue weighted by molar-refractivity contribution is 0.300. The Hall–Kier alpha value is -3.05. The first-order valence-corrected chi connectivity index (χ1v) is 11.2. The van der Waals surface area contributed by atoms with Crippen LogP contribution in [0.25, 0.3) is 21.8 Å². The third-order valence-corrected chi connectivity index (χ3v) is 6.04. The first kappa shape index (κ1) is 21.2. The maximum absolute atomic E-state index is 5.33. The second-order valence-corrected chi connectivity index (χ2v) is 7.88. The molecule has 4 aromatic rings. The Kier molecular flexibility index (Phi) is 6.73. The van der Waals surface area contributed by atoms with Gasteiger partial charge in [-0.3, -0.25) is 0 Å². The number of hydrogen-bond donors (Lipinski definition) is 1. The van der Waals surface area contributed by atoms with Crippen LogP contribution < -0.4 is 9.64 Å². The van der Waals surface area contributed by atoms with Crippen molar-refractivity contribution < 1.29 is 4.74 Å². The van der Waals surface area contributed by atoms with Crippen molar-refractivity contribution in [3.8, 4) is 5.75 Å². The van der Waals surface area contributed by atoms with Gasteiger partial charge >= 0.3 is 0 Å². The quantitative estimate of drug-likeness (QED) is 0.373. The molecule has 0 aliphatic heterocycles. The molecule has 0 aliphatic rings. The van der Waals surface area contributed by atoms with Crippen LogP contribution in [-0.4, -0.2) is 48.2 Å². The zero-order valence-electron chi connectivity index (χ0n) is 18.8. The Balaban J connectivity index is 1.67. The predicted octanol–water partition coefficient (Wildman–Crippen LogP) is 5.46. The molecule has 1 N–H and O–H groups in total. The van der Waals surface area contributed by atoms with E-state index in [2.05, 4.69) is 71.1 Å². The van der Waals surface area contributed by atoms with E-state index in [1.807, 2.05) is 18.3 Å². The largest absolute Gasteiger partial charge is 0.497 e.